The number of hydrogen-bond donors (Lipinski definition) is 1. The molecule has 1 fully saturated rings. The van der Waals surface area contributed by atoms with Crippen LogP contribution in [0.25, 0.3) is 0 Å². The molecule has 1 saturated heterocycles. The number of rotatable bonds is 4. The van der Waals surface area contributed by atoms with Crippen molar-refractivity contribution in [2.24, 2.45) is 0 Å². The number of benzene rings is 2. The van der Waals surface area contributed by atoms with E-state index in [-0.39, 0.29) is 12.0 Å². The topological polar surface area (TPSA) is 38.3 Å². The summed E-state index contributed by atoms with van der Waals surface area (Å²) in [5, 5.41) is 3.50. The molecule has 1 N–H and O–H groups in total. The first-order valence-corrected chi connectivity index (χ1v) is 8.65. The van der Waals surface area contributed by atoms with Gasteiger partial charge in [0.05, 0.1) is 6.10 Å². The van der Waals surface area contributed by atoms with Crippen LogP contribution >= 0.6 is 11.6 Å². The second kappa shape index (κ2) is 10.1. The number of piperidine rings is 1. The molecule has 24 heavy (non-hydrogen) atoms. The lowest BCUT2D eigenvalue weighted by Crippen LogP contribution is -2.28. The number of amides is 1. The Morgan fingerprint density at radius 1 is 1.08 bits per heavy atom. The van der Waals surface area contributed by atoms with E-state index in [9.17, 15) is 4.79 Å². The van der Waals surface area contributed by atoms with Crippen molar-refractivity contribution in [1.29, 1.82) is 0 Å². The van der Waals surface area contributed by atoms with E-state index < -0.39 is 0 Å². The number of methoxy groups -OCH3 is 1. The van der Waals surface area contributed by atoms with Gasteiger partial charge in [-0.25, -0.2) is 0 Å². The minimum atomic E-state index is 0.0784. The van der Waals surface area contributed by atoms with E-state index >= 15 is 0 Å². The SMILES string of the molecule is COC(Cc1ccccc1)c1ccc(Cl)cc1.O=C1CCCCN1. The molecule has 1 atom stereocenters. The molecule has 3 rings (SSSR count). The minimum Gasteiger partial charge on any atom is -0.376 e. The highest BCUT2D eigenvalue weighted by molar-refractivity contribution is 6.30. The van der Waals surface area contributed by atoms with E-state index in [2.05, 4.69) is 17.4 Å². The normalized spacial score (nSPS) is 15.0. The molecular weight excluding hydrogens is 322 g/mol. The number of nitrogens with one attached hydrogen (secondary N) is 1. The molecule has 1 heterocycles. The average Bonchev–Trinajstić information content (AvgIpc) is 2.63. The van der Waals surface area contributed by atoms with Gasteiger partial charge in [0.2, 0.25) is 5.91 Å². The third kappa shape index (κ3) is 6.34. The second-order valence-corrected chi connectivity index (χ2v) is 6.21. The molecule has 0 aliphatic carbocycles. The lowest BCUT2D eigenvalue weighted by molar-refractivity contribution is -0.122. The van der Waals surface area contributed by atoms with Gasteiger partial charge in [-0.1, -0.05) is 54.1 Å². The zero-order chi connectivity index (χ0) is 17.2. The largest absolute Gasteiger partial charge is 0.376 e. The van der Waals surface area contributed by atoms with Crippen LogP contribution in [0.5, 0.6) is 0 Å². The molecular formula is C20H24ClNO2. The van der Waals surface area contributed by atoms with Crippen molar-refractivity contribution < 1.29 is 9.53 Å². The van der Waals surface area contributed by atoms with Gasteiger partial charge in [-0.05, 0) is 36.1 Å². The molecule has 0 radical (unpaired) electrons. The van der Waals surface area contributed by atoms with E-state index in [1.165, 1.54) is 5.56 Å². The maximum absolute atomic E-state index is 10.4. The molecule has 0 bridgehead atoms. The van der Waals surface area contributed by atoms with Gasteiger partial charge in [-0.2, -0.15) is 0 Å². The van der Waals surface area contributed by atoms with Crippen molar-refractivity contribution in [1.82, 2.24) is 5.32 Å². The molecule has 1 aliphatic heterocycles. The van der Waals surface area contributed by atoms with Crippen molar-refractivity contribution in [3.05, 3.63) is 70.7 Å². The van der Waals surface area contributed by atoms with E-state index in [4.69, 9.17) is 16.3 Å². The summed E-state index contributed by atoms with van der Waals surface area (Å²) in [5.74, 6) is 0.214. The van der Waals surface area contributed by atoms with E-state index in [0.29, 0.717) is 0 Å². The summed E-state index contributed by atoms with van der Waals surface area (Å²) < 4.78 is 5.54. The molecule has 2 aromatic rings. The highest BCUT2D eigenvalue weighted by Crippen LogP contribution is 2.23. The summed E-state index contributed by atoms with van der Waals surface area (Å²) in [4.78, 5) is 10.4. The Hall–Kier alpha value is -1.84. The van der Waals surface area contributed by atoms with Crippen molar-refractivity contribution >= 4 is 17.5 Å². The third-order valence-electron chi connectivity index (χ3n) is 3.94. The number of carbonyl (C=O) groups is 1. The van der Waals surface area contributed by atoms with Crippen LogP contribution in [-0.2, 0) is 16.0 Å². The zero-order valence-corrected chi connectivity index (χ0v) is 14.8. The van der Waals surface area contributed by atoms with Gasteiger partial charge in [-0.15, -0.1) is 0 Å². The third-order valence-corrected chi connectivity index (χ3v) is 4.19. The average molecular weight is 346 g/mol. The predicted molar refractivity (Wildman–Crippen MR) is 98.2 cm³/mol. The monoisotopic (exact) mass is 345 g/mol. The summed E-state index contributed by atoms with van der Waals surface area (Å²) in [6.07, 6.45) is 3.92. The molecule has 0 spiro atoms. The number of carbonyl (C=O) groups excluding carboxylic acids is 1. The maximum atomic E-state index is 10.4. The summed E-state index contributed by atoms with van der Waals surface area (Å²) in [7, 11) is 1.74. The Bertz CT molecular complexity index is 605. The van der Waals surface area contributed by atoms with E-state index in [1.807, 2.05) is 42.5 Å². The molecule has 1 unspecified atom stereocenters. The Balaban J connectivity index is 0.000000249. The summed E-state index contributed by atoms with van der Waals surface area (Å²) in [6.45, 7) is 0.888. The van der Waals surface area contributed by atoms with Gasteiger partial charge in [0, 0.05) is 31.5 Å². The predicted octanol–water partition coefficient (Wildman–Crippen LogP) is 4.56. The van der Waals surface area contributed by atoms with Crippen LogP contribution in [0, 0.1) is 0 Å². The molecule has 1 amide bonds. The van der Waals surface area contributed by atoms with Gasteiger partial charge in [0.15, 0.2) is 0 Å². The van der Waals surface area contributed by atoms with Gasteiger partial charge in [0.25, 0.3) is 0 Å². The van der Waals surface area contributed by atoms with Crippen molar-refractivity contribution in [3.63, 3.8) is 0 Å². The van der Waals surface area contributed by atoms with Crippen molar-refractivity contribution in [2.45, 2.75) is 31.8 Å². The Morgan fingerprint density at radius 2 is 1.79 bits per heavy atom. The summed E-state index contributed by atoms with van der Waals surface area (Å²) >= 11 is 5.88. The second-order valence-electron chi connectivity index (χ2n) is 5.77. The van der Waals surface area contributed by atoms with Crippen molar-refractivity contribution in [3.8, 4) is 0 Å². The molecule has 3 nitrogen and oxygen atoms in total. The van der Waals surface area contributed by atoms with Gasteiger partial charge >= 0.3 is 0 Å². The zero-order valence-electron chi connectivity index (χ0n) is 14.0. The fourth-order valence-electron chi connectivity index (χ4n) is 2.57. The van der Waals surface area contributed by atoms with Crippen LogP contribution in [0.1, 0.15) is 36.5 Å². The Morgan fingerprint density at radius 3 is 2.29 bits per heavy atom. The molecule has 0 aromatic heterocycles. The highest BCUT2D eigenvalue weighted by Gasteiger charge is 2.10. The summed E-state index contributed by atoms with van der Waals surface area (Å²) in [6, 6.07) is 18.2. The van der Waals surface area contributed by atoms with E-state index in [0.717, 1.165) is 42.8 Å². The minimum absolute atomic E-state index is 0.0784. The first kappa shape index (κ1) is 18.5. The number of halogens is 1. The molecule has 1 aliphatic rings. The van der Waals surface area contributed by atoms with Crippen LogP contribution < -0.4 is 5.32 Å². The lowest BCUT2D eigenvalue weighted by Gasteiger charge is -2.15. The molecule has 0 saturated carbocycles. The fraction of sp³-hybridized carbons (Fsp3) is 0.350. The van der Waals surface area contributed by atoms with Crippen LogP contribution in [-0.4, -0.2) is 19.6 Å². The first-order chi connectivity index (χ1) is 11.7. The molecule has 128 valence electrons. The first-order valence-electron chi connectivity index (χ1n) is 8.28. The van der Waals surface area contributed by atoms with Gasteiger partial charge < -0.3 is 10.1 Å². The van der Waals surface area contributed by atoms with Crippen LogP contribution in [0.4, 0.5) is 0 Å². The van der Waals surface area contributed by atoms with Crippen molar-refractivity contribution in [2.75, 3.05) is 13.7 Å². The lowest BCUT2D eigenvalue weighted by atomic mass is 10.0. The Labute approximate surface area is 149 Å². The summed E-state index contributed by atoms with van der Waals surface area (Å²) in [5.41, 5.74) is 2.43. The van der Waals surface area contributed by atoms with Gasteiger partial charge in [-0.3, -0.25) is 4.79 Å². The Kier molecular flexibility index (Phi) is 7.80. The standard InChI is InChI=1S/C15H15ClO.C5H9NO/c1-17-15(11-12-5-3-2-4-6-12)13-7-9-14(16)10-8-13;7-5-3-1-2-4-6-5/h2-10,15H,11H2,1H3;1-4H2,(H,6,7). The van der Waals surface area contributed by atoms with E-state index in [1.54, 1.807) is 7.11 Å². The maximum Gasteiger partial charge on any atom is 0.219 e. The van der Waals surface area contributed by atoms with Gasteiger partial charge in [0.1, 0.15) is 0 Å². The number of hydrogen-bond acceptors (Lipinski definition) is 2. The smallest absolute Gasteiger partial charge is 0.219 e. The number of ether oxygens (including phenoxy) is 1. The molecule has 2 aromatic carbocycles. The fourth-order valence-corrected chi connectivity index (χ4v) is 2.70. The van der Waals surface area contributed by atoms with Crippen LogP contribution in [0.3, 0.4) is 0 Å². The quantitative estimate of drug-likeness (QED) is 0.882. The highest BCUT2D eigenvalue weighted by atomic mass is 35.5. The molecule has 4 heteroatoms. The van der Waals surface area contributed by atoms with Crippen LogP contribution in [0.15, 0.2) is 54.6 Å². The van der Waals surface area contributed by atoms with Crippen LogP contribution in [0.2, 0.25) is 5.02 Å².